The van der Waals surface area contributed by atoms with Crippen LogP contribution in [-0.2, 0) is 4.74 Å². The molecule has 0 aliphatic carbocycles. The molecule has 0 radical (unpaired) electrons. The molecule has 19 heavy (non-hydrogen) atoms. The van der Waals surface area contributed by atoms with Gasteiger partial charge in [0.05, 0.1) is 18.2 Å². The Labute approximate surface area is 123 Å². The van der Waals surface area contributed by atoms with Gasteiger partial charge in [0.2, 0.25) is 0 Å². The van der Waals surface area contributed by atoms with Crippen LogP contribution in [0, 0.1) is 5.92 Å². The summed E-state index contributed by atoms with van der Waals surface area (Å²) in [6, 6.07) is 8.07. The third-order valence-corrected chi connectivity index (χ3v) is 4.33. The molecule has 4 heteroatoms. The monoisotopic (exact) mass is 327 g/mol. The molecule has 0 saturated carbocycles. The number of aliphatic hydroxyl groups excluding tert-OH is 1. The molecule has 2 rings (SSSR count). The molecule has 1 aliphatic rings. The Bertz CT molecular complexity index is 407. The molecular weight excluding hydrogens is 306 g/mol. The summed E-state index contributed by atoms with van der Waals surface area (Å²) < 4.78 is 6.85. The van der Waals surface area contributed by atoms with Crippen LogP contribution in [0.5, 0.6) is 0 Å². The van der Waals surface area contributed by atoms with Crippen LogP contribution < -0.4 is 5.32 Å². The van der Waals surface area contributed by atoms with Crippen molar-refractivity contribution in [3.05, 3.63) is 28.7 Å². The molecule has 1 fully saturated rings. The van der Waals surface area contributed by atoms with Crippen LogP contribution >= 0.6 is 15.9 Å². The number of rotatable bonds is 4. The van der Waals surface area contributed by atoms with E-state index < -0.39 is 0 Å². The number of hydrogen-bond donors (Lipinski definition) is 2. The van der Waals surface area contributed by atoms with Crippen molar-refractivity contribution in [2.24, 2.45) is 5.92 Å². The Hall–Kier alpha value is -0.580. The third kappa shape index (κ3) is 3.71. The van der Waals surface area contributed by atoms with Crippen molar-refractivity contribution in [2.75, 3.05) is 18.5 Å². The quantitative estimate of drug-likeness (QED) is 0.890. The van der Waals surface area contributed by atoms with E-state index in [0.29, 0.717) is 12.5 Å². The summed E-state index contributed by atoms with van der Waals surface area (Å²) in [7, 11) is 0. The smallest absolute Gasteiger partial charge is 0.0663 e. The largest absolute Gasteiger partial charge is 0.394 e. The van der Waals surface area contributed by atoms with E-state index in [2.05, 4.69) is 35.1 Å². The van der Waals surface area contributed by atoms with Crippen LogP contribution in [0.4, 0.5) is 5.69 Å². The first-order chi connectivity index (χ1) is 9.04. The maximum absolute atomic E-state index is 9.83. The summed E-state index contributed by atoms with van der Waals surface area (Å²) in [5, 5.41) is 13.3. The van der Waals surface area contributed by atoms with Crippen LogP contribution in [0.3, 0.4) is 0 Å². The van der Waals surface area contributed by atoms with Crippen LogP contribution in [0.2, 0.25) is 0 Å². The normalized spacial score (nSPS) is 27.5. The molecule has 2 N–H and O–H groups in total. The minimum Gasteiger partial charge on any atom is -0.394 e. The van der Waals surface area contributed by atoms with E-state index in [9.17, 15) is 5.11 Å². The van der Waals surface area contributed by atoms with E-state index in [1.807, 2.05) is 24.3 Å². The predicted octanol–water partition coefficient (Wildman–Crippen LogP) is 3.43. The standard InChI is InChI=1S/C15H22BrNO2/c1-11(2)14-9-15(10-18,7-8-19-14)17-13-5-3-12(16)4-6-13/h3-6,11,14,17-18H,7-10H2,1-2H3. The highest BCUT2D eigenvalue weighted by Crippen LogP contribution is 2.31. The zero-order chi connectivity index (χ0) is 13.9. The predicted molar refractivity (Wildman–Crippen MR) is 81.4 cm³/mol. The molecular formula is C15H22BrNO2. The lowest BCUT2D eigenvalue weighted by atomic mass is 9.83. The Morgan fingerprint density at radius 2 is 2.11 bits per heavy atom. The van der Waals surface area contributed by atoms with Crippen molar-refractivity contribution < 1.29 is 9.84 Å². The molecule has 0 spiro atoms. The lowest BCUT2D eigenvalue weighted by Gasteiger charge is -2.42. The minimum atomic E-state index is -0.263. The molecule has 1 aliphatic heterocycles. The number of ether oxygens (including phenoxy) is 1. The minimum absolute atomic E-state index is 0.135. The van der Waals surface area contributed by atoms with Gasteiger partial charge in [0.1, 0.15) is 0 Å². The van der Waals surface area contributed by atoms with Crippen molar-refractivity contribution in [1.82, 2.24) is 0 Å². The number of anilines is 1. The molecule has 0 bridgehead atoms. The Kier molecular flexibility index (Phi) is 4.87. The second kappa shape index (κ2) is 6.25. The zero-order valence-electron chi connectivity index (χ0n) is 11.5. The summed E-state index contributed by atoms with van der Waals surface area (Å²) in [6.45, 7) is 5.16. The van der Waals surface area contributed by atoms with Gasteiger partial charge in [0.25, 0.3) is 0 Å². The number of hydrogen-bond acceptors (Lipinski definition) is 3. The Morgan fingerprint density at radius 3 is 2.68 bits per heavy atom. The van der Waals surface area contributed by atoms with Crippen molar-refractivity contribution >= 4 is 21.6 Å². The molecule has 0 amide bonds. The SMILES string of the molecule is CC(C)C1CC(CO)(Nc2ccc(Br)cc2)CCO1. The van der Waals surface area contributed by atoms with Crippen LogP contribution in [-0.4, -0.2) is 30.0 Å². The summed E-state index contributed by atoms with van der Waals surface area (Å²) in [6.07, 6.45) is 1.89. The van der Waals surface area contributed by atoms with Crippen molar-refractivity contribution in [3.63, 3.8) is 0 Å². The van der Waals surface area contributed by atoms with Gasteiger partial charge in [-0.2, -0.15) is 0 Å². The number of aliphatic hydroxyl groups is 1. The van der Waals surface area contributed by atoms with Crippen LogP contribution in [0.15, 0.2) is 28.7 Å². The number of benzene rings is 1. The average molecular weight is 328 g/mol. The molecule has 1 aromatic carbocycles. The van der Waals surface area contributed by atoms with E-state index in [1.54, 1.807) is 0 Å². The fourth-order valence-electron chi connectivity index (χ4n) is 2.52. The van der Waals surface area contributed by atoms with Gasteiger partial charge in [-0.1, -0.05) is 29.8 Å². The van der Waals surface area contributed by atoms with Gasteiger partial charge in [-0.05, 0) is 43.0 Å². The van der Waals surface area contributed by atoms with Gasteiger partial charge < -0.3 is 15.2 Å². The van der Waals surface area contributed by atoms with Gasteiger partial charge >= 0.3 is 0 Å². The summed E-state index contributed by atoms with van der Waals surface area (Å²) in [5.41, 5.74) is 0.780. The maximum Gasteiger partial charge on any atom is 0.0663 e. The van der Waals surface area contributed by atoms with Crippen molar-refractivity contribution in [2.45, 2.75) is 38.3 Å². The van der Waals surface area contributed by atoms with Gasteiger partial charge in [0.15, 0.2) is 0 Å². The lowest BCUT2D eigenvalue weighted by Crippen LogP contribution is -2.50. The van der Waals surface area contributed by atoms with Crippen molar-refractivity contribution in [1.29, 1.82) is 0 Å². The fraction of sp³-hybridized carbons (Fsp3) is 0.600. The molecule has 1 aromatic rings. The fourth-order valence-corrected chi connectivity index (χ4v) is 2.78. The molecule has 2 atom stereocenters. The number of nitrogens with one attached hydrogen (secondary N) is 1. The summed E-state index contributed by atoms with van der Waals surface area (Å²) in [4.78, 5) is 0. The first-order valence-corrected chi connectivity index (χ1v) is 7.60. The van der Waals surface area contributed by atoms with Gasteiger partial charge in [0, 0.05) is 16.8 Å². The maximum atomic E-state index is 9.83. The first-order valence-electron chi connectivity index (χ1n) is 6.81. The highest BCUT2D eigenvalue weighted by atomic mass is 79.9. The highest BCUT2D eigenvalue weighted by Gasteiger charge is 2.37. The molecule has 1 heterocycles. The zero-order valence-corrected chi connectivity index (χ0v) is 13.1. The molecule has 3 nitrogen and oxygen atoms in total. The summed E-state index contributed by atoms with van der Waals surface area (Å²) in [5.74, 6) is 0.470. The van der Waals surface area contributed by atoms with E-state index in [0.717, 1.165) is 23.0 Å². The van der Waals surface area contributed by atoms with E-state index in [4.69, 9.17) is 4.74 Å². The lowest BCUT2D eigenvalue weighted by molar-refractivity contribution is -0.0481. The molecule has 1 saturated heterocycles. The van der Waals surface area contributed by atoms with Gasteiger partial charge in [-0.25, -0.2) is 0 Å². The summed E-state index contributed by atoms with van der Waals surface area (Å²) >= 11 is 3.43. The van der Waals surface area contributed by atoms with Gasteiger partial charge in [-0.15, -0.1) is 0 Å². The van der Waals surface area contributed by atoms with Crippen molar-refractivity contribution in [3.8, 4) is 0 Å². The molecule has 2 unspecified atom stereocenters. The third-order valence-electron chi connectivity index (χ3n) is 3.80. The Balaban J connectivity index is 2.11. The topological polar surface area (TPSA) is 41.5 Å². The molecule has 0 aromatic heterocycles. The highest BCUT2D eigenvalue weighted by molar-refractivity contribution is 9.10. The second-order valence-electron chi connectivity index (χ2n) is 5.68. The second-order valence-corrected chi connectivity index (χ2v) is 6.59. The first kappa shape index (κ1) is 14.8. The van der Waals surface area contributed by atoms with E-state index >= 15 is 0 Å². The van der Waals surface area contributed by atoms with E-state index in [-0.39, 0.29) is 18.2 Å². The average Bonchev–Trinajstić information content (AvgIpc) is 2.42. The van der Waals surface area contributed by atoms with Gasteiger partial charge in [-0.3, -0.25) is 0 Å². The number of halogens is 1. The molecule has 106 valence electrons. The van der Waals surface area contributed by atoms with Crippen LogP contribution in [0.25, 0.3) is 0 Å². The van der Waals surface area contributed by atoms with Crippen LogP contribution in [0.1, 0.15) is 26.7 Å². The Morgan fingerprint density at radius 1 is 1.42 bits per heavy atom. The van der Waals surface area contributed by atoms with E-state index in [1.165, 1.54) is 0 Å².